The molecule has 0 aromatic carbocycles. The Morgan fingerprint density at radius 1 is 1.45 bits per heavy atom. The van der Waals surface area contributed by atoms with Gasteiger partial charge in [0, 0.05) is 6.42 Å². The number of ether oxygens (including phenoxy) is 2. The van der Waals surface area contributed by atoms with Crippen molar-refractivity contribution in [2.45, 2.75) is 52.2 Å². The maximum absolute atomic E-state index is 11.0. The molecule has 0 N–H and O–H groups in total. The highest BCUT2D eigenvalue weighted by molar-refractivity contribution is 6.64. The fourth-order valence-corrected chi connectivity index (χ4v) is 2.75. The first kappa shape index (κ1) is 15.4. The molecule has 4 nitrogen and oxygen atoms in total. The van der Waals surface area contributed by atoms with Gasteiger partial charge >= 0.3 is 0 Å². The molecule has 0 aliphatic carbocycles. The molecule has 2 rings (SSSR count). The SMILES string of the molecule is CCCCCCC1=CC(C)=C2C(OCN2CC(=O)Cl)O1. The Morgan fingerprint density at radius 2 is 2.25 bits per heavy atom. The van der Waals surface area contributed by atoms with Crippen molar-refractivity contribution in [3.63, 3.8) is 0 Å². The summed E-state index contributed by atoms with van der Waals surface area (Å²) in [7, 11) is 0. The van der Waals surface area contributed by atoms with Crippen LogP contribution in [0.1, 0.15) is 46.0 Å². The summed E-state index contributed by atoms with van der Waals surface area (Å²) >= 11 is 5.45. The molecule has 1 fully saturated rings. The predicted octanol–water partition coefficient (Wildman–Crippen LogP) is 3.53. The van der Waals surface area contributed by atoms with Crippen LogP contribution in [0.4, 0.5) is 0 Å². The van der Waals surface area contributed by atoms with Gasteiger partial charge in [0.1, 0.15) is 12.5 Å². The molecule has 1 unspecified atom stereocenters. The minimum Gasteiger partial charge on any atom is -0.463 e. The van der Waals surface area contributed by atoms with E-state index in [9.17, 15) is 4.79 Å². The number of allylic oxidation sites excluding steroid dienone is 3. The Labute approximate surface area is 125 Å². The molecule has 0 bridgehead atoms. The molecular formula is C15H22ClNO3. The van der Waals surface area contributed by atoms with Gasteiger partial charge in [0.2, 0.25) is 11.5 Å². The summed E-state index contributed by atoms with van der Waals surface area (Å²) in [6.07, 6.45) is 7.48. The second kappa shape index (κ2) is 7.14. The lowest BCUT2D eigenvalue weighted by Gasteiger charge is -2.25. The molecule has 0 saturated carbocycles. The monoisotopic (exact) mass is 299 g/mol. The summed E-state index contributed by atoms with van der Waals surface area (Å²) in [5.74, 6) is 0.978. The van der Waals surface area contributed by atoms with E-state index in [1.54, 1.807) is 0 Å². The third-order valence-electron chi connectivity index (χ3n) is 3.58. The third kappa shape index (κ3) is 3.76. The predicted molar refractivity (Wildman–Crippen MR) is 77.9 cm³/mol. The third-order valence-corrected chi connectivity index (χ3v) is 3.70. The molecule has 1 saturated heterocycles. The zero-order valence-corrected chi connectivity index (χ0v) is 12.9. The lowest BCUT2D eigenvalue weighted by Crippen LogP contribution is -2.28. The van der Waals surface area contributed by atoms with Crippen LogP contribution in [0.15, 0.2) is 23.1 Å². The quantitative estimate of drug-likeness (QED) is 0.532. The molecule has 2 heterocycles. The number of unbranched alkanes of at least 4 members (excludes halogenated alkanes) is 3. The highest BCUT2D eigenvalue weighted by Crippen LogP contribution is 2.33. The first-order chi connectivity index (χ1) is 9.61. The van der Waals surface area contributed by atoms with E-state index >= 15 is 0 Å². The summed E-state index contributed by atoms with van der Waals surface area (Å²) in [4.78, 5) is 12.9. The highest BCUT2D eigenvalue weighted by atomic mass is 35.5. The van der Waals surface area contributed by atoms with E-state index < -0.39 is 0 Å². The van der Waals surface area contributed by atoms with Gasteiger partial charge in [-0.1, -0.05) is 26.2 Å². The van der Waals surface area contributed by atoms with Crippen molar-refractivity contribution in [2.75, 3.05) is 13.3 Å². The van der Waals surface area contributed by atoms with E-state index in [1.165, 1.54) is 19.3 Å². The average Bonchev–Trinajstić information content (AvgIpc) is 2.77. The van der Waals surface area contributed by atoms with E-state index in [0.29, 0.717) is 6.73 Å². The Morgan fingerprint density at radius 3 is 2.95 bits per heavy atom. The van der Waals surface area contributed by atoms with Crippen LogP contribution in [-0.2, 0) is 14.3 Å². The highest BCUT2D eigenvalue weighted by Gasteiger charge is 2.35. The van der Waals surface area contributed by atoms with Gasteiger partial charge in [-0.3, -0.25) is 4.79 Å². The minimum absolute atomic E-state index is 0.160. The molecule has 112 valence electrons. The molecular weight excluding hydrogens is 278 g/mol. The number of hydrogen-bond donors (Lipinski definition) is 0. The van der Waals surface area contributed by atoms with Crippen molar-refractivity contribution in [3.05, 3.63) is 23.1 Å². The Hall–Kier alpha value is -1.00. The lowest BCUT2D eigenvalue weighted by molar-refractivity contribution is -0.112. The van der Waals surface area contributed by atoms with Crippen molar-refractivity contribution in [2.24, 2.45) is 0 Å². The lowest BCUT2D eigenvalue weighted by atomic mass is 10.1. The second-order valence-electron chi connectivity index (χ2n) is 5.29. The molecule has 1 atom stereocenters. The minimum atomic E-state index is -0.385. The van der Waals surface area contributed by atoms with Crippen molar-refractivity contribution in [3.8, 4) is 0 Å². The van der Waals surface area contributed by atoms with Crippen LogP contribution >= 0.6 is 11.6 Å². The van der Waals surface area contributed by atoms with Crippen molar-refractivity contribution < 1.29 is 14.3 Å². The summed E-state index contributed by atoms with van der Waals surface area (Å²) in [6, 6.07) is 0. The topological polar surface area (TPSA) is 38.8 Å². The van der Waals surface area contributed by atoms with Crippen molar-refractivity contribution in [1.82, 2.24) is 4.90 Å². The van der Waals surface area contributed by atoms with E-state index in [4.69, 9.17) is 21.1 Å². The molecule has 0 spiro atoms. The van der Waals surface area contributed by atoms with Gasteiger partial charge in [0.05, 0.1) is 12.2 Å². The molecule has 20 heavy (non-hydrogen) atoms. The number of fused-ring (bicyclic) bond motifs is 1. The van der Waals surface area contributed by atoms with Gasteiger partial charge < -0.3 is 14.4 Å². The molecule has 0 aromatic rings. The zero-order valence-electron chi connectivity index (χ0n) is 12.2. The van der Waals surface area contributed by atoms with Crippen LogP contribution in [0.3, 0.4) is 0 Å². The first-order valence-electron chi connectivity index (χ1n) is 7.24. The smallest absolute Gasteiger partial charge is 0.242 e. The van der Waals surface area contributed by atoms with Gasteiger partial charge in [-0.15, -0.1) is 0 Å². The van der Waals surface area contributed by atoms with Crippen LogP contribution in [0, 0.1) is 0 Å². The summed E-state index contributed by atoms with van der Waals surface area (Å²) in [5, 5.41) is -0.385. The van der Waals surface area contributed by atoms with Crippen LogP contribution in [-0.4, -0.2) is 29.7 Å². The van der Waals surface area contributed by atoms with E-state index in [1.807, 2.05) is 11.8 Å². The standard InChI is InChI=1S/C15H22ClNO3/c1-3-4-5-6-7-12-8-11(2)14-15(20-12)19-10-17(14)9-13(16)18/h8,15H,3-7,9-10H2,1-2H3. The van der Waals surface area contributed by atoms with Crippen LogP contribution in [0.25, 0.3) is 0 Å². The van der Waals surface area contributed by atoms with Gasteiger partial charge in [-0.25, -0.2) is 0 Å². The van der Waals surface area contributed by atoms with E-state index in [-0.39, 0.29) is 18.1 Å². The van der Waals surface area contributed by atoms with E-state index in [2.05, 4.69) is 13.0 Å². The van der Waals surface area contributed by atoms with Crippen molar-refractivity contribution in [1.29, 1.82) is 0 Å². The number of hydrogen-bond acceptors (Lipinski definition) is 4. The van der Waals surface area contributed by atoms with Crippen LogP contribution < -0.4 is 0 Å². The van der Waals surface area contributed by atoms with Gasteiger partial charge in [-0.05, 0) is 36.6 Å². The number of carbonyl (C=O) groups excluding carboxylic acids is 1. The molecule has 0 aromatic heterocycles. The fourth-order valence-electron chi connectivity index (χ4n) is 2.61. The van der Waals surface area contributed by atoms with Crippen LogP contribution in [0.2, 0.25) is 0 Å². The summed E-state index contributed by atoms with van der Waals surface area (Å²) in [6.45, 7) is 4.74. The molecule has 2 aliphatic heterocycles. The Kier molecular flexibility index (Phi) is 5.49. The summed E-state index contributed by atoms with van der Waals surface area (Å²) < 4.78 is 11.5. The van der Waals surface area contributed by atoms with Crippen LogP contribution in [0.5, 0.6) is 0 Å². The molecule has 0 amide bonds. The zero-order chi connectivity index (χ0) is 14.5. The first-order valence-corrected chi connectivity index (χ1v) is 7.62. The maximum Gasteiger partial charge on any atom is 0.242 e. The second-order valence-corrected chi connectivity index (χ2v) is 5.71. The largest absolute Gasteiger partial charge is 0.463 e. The number of halogens is 1. The average molecular weight is 300 g/mol. The van der Waals surface area contributed by atoms with Gasteiger partial charge in [0.25, 0.3) is 0 Å². The normalized spacial score (nSPS) is 21.6. The number of carbonyl (C=O) groups is 1. The Balaban J connectivity index is 1.98. The van der Waals surface area contributed by atoms with Crippen molar-refractivity contribution >= 4 is 16.8 Å². The Bertz CT molecular complexity index is 431. The fraction of sp³-hybridized carbons (Fsp3) is 0.667. The van der Waals surface area contributed by atoms with E-state index in [0.717, 1.165) is 29.9 Å². The maximum atomic E-state index is 11.0. The van der Waals surface area contributed by atoms with Gasteiger partial charge in [0.15, 0.2) is 0 Å². The summed E-state index contributed by atoms with van der Waals surface area (Å²) in [5.41, 5.74) is 2.03. The molecule has 0 radical (unpaired) electrons. The number of rotatable bonds is 7. The molecule has 2 aliphatic rings. The van der Waals surface area contributed by atoms with Gasteiger partial charge in [-0.2, -0.15) is 0 Å². The molecule has 5 heteroatoms. The number of nitrogens with zero attached hydrogens (tertiary/aromatic N) is 1.